The van der Waals surface area contributed by atoms with E-state index in [0.717, 1.165) is 17.9 Å². The van der Waals surface area contributed by atoms with Gasteiger partial charge in [0.2, 0.25) is 0 Å². The second-order valence-corrected chi connectivity index (χ2v) is 5.82. The summed E-state index contributed by atoms with van der Waals surface area (Å²) in [6, 6.07) is 0.881. The Morgan fingerprint density at radius 3 is 2.75 bits per heavy atom. The van der Waals surface area contributed by atoms with Crippen molar-refractivity contribution in [2.24, 2.45) is 11.8 Å². The highest BCUT2D eigenvalue weighted by atomic mass is 15.1. The van der Waals surface area contributed by atoms with Gasteiger partial charge in [0.05, 0.1) is 0 Å². The van der Waals surface area contributed by atoms with Gasteiger partial charge in [-0.2, -0.15) is 0 Å². The van der Waals surface area contributed by atoms with Crippen LogP contribution in [0, 0.1) is 11.8 Å². The molecule has 0 aromatic heterocycles. The molecule has 3 unspecified atom stereocenters. The first-order valence-electron chi connectivity index (χ1n) is 7.22. The van der Waals surface area contributed by atoms with Crippen LogP contribution in [0.1, 0.15) is 45.4 Å². The van der Waals surface area contributed by atoms with Gasteiger partial charge < -0.3 is 10.2 Å². The molecule has 1 saturated carbocycles. The SMILES string of the molecule is CCC1CCCC1N(C)CC1CCCNC1. The van der Waals surface area contributed by atoms with E-state index in [4.69, 9.17) is 0 Å². The third-order valence-electron chi connectivity index (χ3n) is 4.65. The molecule has 94 valence electrons. The predicted octanol–water partition coefficient (Wildman–Crippen LogP) is 2.50. The average Bonchev–Trinajstić information content (AvgIpc) is 2.78. The maximum absolute atomic E-state index is 3.53. The summed E-state index contributed by atoms with van der Waals surface area (Å²) in [5.41, 5.74) is 0. The molecule has 3 atom stereocenters. The number of hydrogen-bond acceptors (Lipinski definition) is 2. The fourth-order valence-electron chi connectivity index (χ4n) is 3.70. The zero-order valence-corrected chi connectivity index (χ0v) is 11.0. The first-order chi connectivity index (χ1) is 7.81. The van der Waals surface area contributed by atoms with E-state index >= 15 is 0 Å². The van der Waals surface area contributed by atoms with Gasteiger partial charge in [0.25, 0.3) is 0 Å². The topological polar surface area (TPSA) is 15.3 Å². The largest absolute Gasteiger partial charge is 0.316 e. The summed E-state index contributed by atoms with van der Waals surface area (Å²) in [5, 5.41) is 3.53. The molecule has 1 N–H and O–H groups in total. The van der Waals surface area contributed by atoms with E-state index in [9.17, 15) is 0 Å². The third kappa shape index (κ3) is 2.98. The van der Waals surface area contributed by atoms with Gasteiger partial charge in [-0.25, -0.2) is 0 Å². The Labute approximate surface area is 101 Å². The zero-order chi connectivity index (χ0) is 11.4. The lowest BCUT2D eigenvalue weighted by Crippen LogP contribution is -2.42. The molecule has 0 bridgehead atoms. The van der Waals surface area contributed by atoms with Crippen molar-refractivity contribution in [1.82, 2.24) is 10.2 Å². The average molecular weight is 224 g/mol. The van der Waals surface area contributed by atoms with Crippen LogP contribution in [-0.2, 0) is 0 Å². The summed E-state index contributed by atoms with van der Waals surface area (Å²) in [6.07, 6.45) is 8.54. The molecule has 2 nitrogen and oxygen atoms in total. The second-order valence-electron chi connectivity index (χ2n) is 5.82. The van der Waals surface area contributed by atoms with Crippen LogP contribution in [0.5, 0.6) is 0 Å². The van der Waals surface area contributed by atoms with Gasteiger partial charge in [0.15, 0.2) is 0 Å². The summed E-state index contributed by atoms with van der Waals surface area (Å²) >= 11 is 0. The minimum atomic E-state index is 0.881. The lowest BCUT2D eigenvalue weighted by Gasteiger charge is -2.34. The molecule has 0 amide bonds. The molecule has 2 rings (SSSR count). The first kappa shape index (κ1) is 12.4. The van der Waals surface area contributed by atoms with Crippen molar-refractivity contribution in [1.29, 1.82) is 0 Å². The quantitative estimate of drug-likeness (QED) is 0.789. The Bertz CT molecular complexity index is 199. The van der Waals surface area contributed by atoms with Crippen LogP contribution in [0.25, 0.3) is 0 Å². The van der Waals surface area contributed by atoms with Crippen molar-refractivity contribution < 1.29 is 0 Å². The molecule has 0 aromatic rings. The van der Waals surface area contributed by atoms with Gasteiger partial charge >= 0.3 is 0 Å². The number of piperidine rings is 1. The molecule has 0 spiro atoms. The van der Waals surface area contributed by atoms with Crippen LogP contribution < -0.4 is 5.32 Å². The molecule has 2 heteroatoms. The minimum absolute atomic E-state index is 0.881. The van der Waals surface area contributed by atoms with E-state index in [-0.39, 0.29) is 0 Å². The summed E-state index contributed by atoms with van der Waals surface area (Å²) in [7, 11) is 2.35. The Hall–Kier alpha value is -0.0800. The van der Waals surface area contributed by atoms with Crippen LogP contribution in [0.2, 0.25) is 0 Å². The molecule has 0 radical (unpaired) electrons. The van der Waals surface area contributed by atoms with Gasteiger partial charge in [0.1, 0.15) is 0 Å². The molecule has 2 aliphatic rings. The standard InChI is InChI=1S/C14H28N2/c1-3-13-7-4-8-14(13)16(2)11-12-6-5-9-15-10-12/h12-15H,3-11H2,1-2H3. The number of nitrogens with one attached hydrogen (secondary N) is 1. The zero-order valence-electron chi connectivity index (χ0n) is 11.0. The summed E-state index contributed by atoms with van der Waals surface area (Å²) in [6.45, 7) is 6.15. The molecule has 1 aliphatic heterocycles. The smallest absolute Gasteiger partial charge is 0.0120 e. The highest BCUT2D eigenvalue weighted by Gasteiger charge is 2.30. The van der Waals surface area contributed by atoms with E-state index in [1.165, 1.54) is 58.2 Å². The fraction of sp³-hybridized carbons (Fsp3) is 1.00. The first-order valence-corrected chi connectivity index (χ1v) is 7.22. The van der Waals surface area contributed by atoms with Crippen LogP contribution in [0.4, 0.5) is 0 Å². The molecule has 16 heavy (non-hydrogen) atoms. The molecule has 1 saturated heterocycles. The Morgan fingerprint density at radius 1 is 1.19 bits per heavy atom. The van der Waals surface area contributed by atoms with Crippen molar-refractivity contribution in [3.63, 3.8) is 0 Å². The Balaban J connectivity index is 1.79. The highest BCUT2D eigenvalue weighted by molar-refractivity contribution is 4.85. The monoisotopic (exact) mass is 224 g/mol. The Kier molecular flexibility index (Phi) is 4.66. The van der Waals surface area contributed by atoms with Crippen LogP contribution in [0.15, 0.2) is 0 Å². The maximum Gasteiger partial charge on any atom is 0.0120 e. The normalized spacial score (nSPS) is 35.8. The third-order valence-corrected chi connectivity index (χ3v) is 4.65. The van der Waals surface area contributed by atoms with E-state index in [1.54, 1.807) is 0 Å². The lowest BCUT2D eigenvalue weighted by molar-refractivity contribution is 0.156. The van der Waals surface area contributed by atoms with Crippen LogP contribution >= 0.6 is 0 Å². The van der Waals surface area contributed by atoms with E-state index < -0.39 is 0 Å². The molecule has 1 heterocycles. The number of hydrogen-bond donors (Lipinski definition) is 1. The van der Waals surface area contributed by atoms with Gasteiger partial charge in [-0.3, -0.25) is 0 Å². The highest BCUT2D eigenvalue weighted by Crippen LogP contribution is 2.32. The van der Waals surface area contributed by atoms with Gasteiger partial charge in [-0.15, -0.1) is 0 Å². The molecular weight excluding hydrogens is 196 g/mol. The van der Waals surface area contributed by atoms with Crippen LogP contribution in [0.3, 0.4) is 0 Å². The summed E-state index contributed by atoms with van der Waals surface area (Å²) in [5.74, 6) is 1.87. The molecule has 1 aliphatic carbocycles. The molecule has 0 aromatic carbocycles. The van der Waals surface area contributed by atoms with Gasteiger partial charge in [-0.05, 0) is 57.7 Å². The maximum atomic E-state index is 3.53. The lowest BCUT2D eigenvalue weighted by atomic mass is 9.95. The predicted molar refractivity (Wildman–Crippen MR) is 69.6 cm³/mol. The summed E-state index contributed by atoms with van der Waals surface area (Å²) < 4.78 is 0. The van der Waals surface area contributed by atoms with Crippen molar-refractivity contribution in [3.8, 4) is 0 Å². The van der Waals surface area contributed by atoms with E-state index in [0.29, 0.717) is 0 Å². The molecular formula is C14H28N2. The van der Waals surface area contributed by atoms with Crippen molar-refractivity contribution >= 4 is 0 Å². The van der Waals surface area contributed by atoms with Crippen molar-refractivity contribution in [3.05, 3.63) is 0 Å². The Morgan fingerprint density at radius 2 is 2.06 bits per heavy atom. The fourth-order valence-corrected chi connectivity index (χ4v) is 3.70. The molecule has 2 fully saturated rings. The van der Waals surface area contributed by atoms with E-state index in [1.807, 2.05) is 0 Å². The summed E-state index contributed by atoms with van der Waals surface area (Å²) in [4.78, 5) is 2.67. The van der Waals surface area contributed by atoms with Gasteiger partial charge in [-0.1, -0.05) is 19.8 Å². The minimum Gasteiger partial charge on any atom is -0.316 e. The van der Waals surface area contributed by atoms with E-state index in [2.05, 4.69) is 24.2 Å². The second kappa shape index (κ2) is 6.02. The van der Waals surface area contributed by atoms with Crippen molar-refractivity contribution in [2.75, 3.05) is 26.7 Å². The van der Waals surface area contributed by atoms with Gasteiger partial charge in [0, 0.05) is 12.6 Å². The number of nitrogens with zero attached hydrogens (tertiary/aromatic N) is 1. The number of rotatable bonds is 4. The van der Waals surface area contributed by atoms with Crippen LogP contribution in [-0.4, -0.2) is 37.6 Å². The van der Waals surface area contributed by atoms with Crippen molar-refractivity contribution in [2.45, 2.75) is 51.5 Å².